The minimum absolute atomic E-state index is 0.00536. The molecule has 2 amide bonds. The number of urea groups is 1. The van der Waals surface area contributed by atoms with Crippen molar-refractivity contribution in [1.82, 2.24) is 10.2 Å². The summed E-state index contributed by atoms with van der Waals surface area (Å²) in [5.41, 5.74) is -0.800. The van der Waals surface area contributed by atoms with Crippen molar-refractivity contribution in [2.75, 3.05) is 13.1 Å². The van der Waals surface area contributed by atoms with Crippen LogP contribution in [0, 0.1) is 11.3 Å². The number of nitrogens with zero attached hydrogens (tertiary/aromatic N) is 1. The van der Waals surface area contributed by atoms with Gasteiger partial charge in [-0.3, -0.25) is 4.79 Å². The minimum atomic E-state index is -0.801. The third-order valence-electron chi connectivity index (χ3n) is 4.17. The highest BCUT2D eigenvalue weighted by molar-refractivity contribution is 5.76. The van der Waals surface area contributed by atoms with E-state index in [1.54, 1.807) is 24.8 Å². The summed E-state index contributed by atoms with van der Waals surface area (Å²) >= 11 is 0. The lowest BCUT2D eigenvalue weighted by molar-refractivity contribution is -0.151. The molecular formula is C15H26N2O3. The fraction of sp³-hybridized carbons (Fsp3) is 0.733. The van der Waals surface area contributed by atoms with Crippen LogP contribution in [0.5, 0.6) is 0 Å². The standard InChI is InChI=1S/C15H26N2O3/c1-5-7-11(2)16-14(20)17-9-6-8-12(10-17)15(3,4)13(18)19/h5,11-12H,1,6-10H2,2-4H3,(H,16,20)(H,18,19). The highest BCUT2D eigenvalue weighted by Crippen LogP contribution is 2.34. The number of carbonyl (C=O) groups excluding carboxylic acids is 1. The lowest BCUT2D eigenvalue weighted by Crippen LogP contribution is -2.51. The van der Waals surface area contributed by atoms with Crippen molar-refractivity contribution in [3.8, 4) is 0 Å². The number of hydrogen-bond acceptors (Lipinski definition) is 2. The first-order chi connectivity index (χ1) is 9.28. The molecule has 0 bridgehead atoms. The molecule has 2 N–H and O–H groups in total. The molecule has 0 spiro atoms. The summed E-state index contributed by atoms with van der Waals surface area (Å²) in [6.45, 7) is 10.3. The molecule has 0 aromatic carbocycles. The Labute approximate surface area is 121 Å². The maximum absolute atomic E-state index is 12.2. The van der Waals surface area contributed by atoms with Gasteiger partial charge in [-0.05, 0) is 46.0 Å². The fourth-order valence-corrected chi connectivity index (χ4v) is 2.54. The molecule has 114 valence electrons. The molecule has 1 fully saturated rings. The third-order valence-corrected chi connectivity index (χ3v) is 4.17. The van der Waals surface area contributed by atoms with E-state index in [4.69, 9.17) is 0 Å². The van der Waals surface area contributed by atoms with Gasteiger partial charge in [0.05, 0.1) is 5.41 Å². The second-order valence-corrected chi connectivity index (χ2v) is 6.19. The maximum atomic E-state index is 12.2. The van der Waals surface area contributed by atoms with Crippen molar-refractivity contribution in [1.29, 1.82) is 0 Å². The molecule has 2 unspecified atom stereocenters. The van der Waals surface area contributed by atoms with Gasteiger partial charge in [-0.1, -0.05) is 6.08 Å². The van der Waals surface area contributed by atoms with Crippen LogP contribution in [0.2, 0.25) is 0 Å². The molecule has 1 heterocycles. The number of carboxylic acid groups (broad SMARTS) is 1. The first-order valence-corrected chi connectivity index (χ1v) is 7.18. The predicted octanol–water partition coefficient (Wildman–Crippen LogP) is 2.48. The smallest absolute Gasteiger partial charge is 0.317 e. The third kappa shape index (κ3) is 3.99. The Bertz CT molecular complexity index is 379. The molecule has 1 aliphatic heterocycles. The van der Waals surface area contributed by atoms with Gasteiger partial charge in [0, 0.05) is 19.1 Å². The van der Waals surface area contributed by atoms with E-state index in [1.807, 2.05) is 6.92 Å². The molecule has 0 saturated carbocycles. The zero-order chi connectivity index (χ0) is 15.3. The van der Waals surface area contributed by atoms with E-state index in [-0.39, 0.29) is 18.0 Å². The Hall–Kier alpha value is -1.52. The van der Waals surface area contributed by atoms with Gasteiger partial charge in [-0.15, -0.1) is 6.58 Å². The fourth-order valence-electron chi connectivity index (χ4n) is 2.54. The van der Waals surface area contributed by atoms with Crippen LogP contribution < -0.4 is 5.32 Å². The van der Waals surface area contributed by atoms with Crippen LogP contribution in [-0.2, 0) is 4.79 Å². The van der Waals surface area contributed by atoms with Crippen LogP contribution in [0.1, 0.15) is 40.0 Å². The van der Waals surface area contributed by atoms with Gasteiger partial charge in [0.2, 0.25) is 0 Å². The van der Waals surface area contributed by atoms with E-state index >= 15 is 0 Å². The van der Waals surface area contributed by atoms with Crippen molar-refractivity contribution < 1.29 is 14.7 Å². The summed E-state index contributed by atoms with van der Waals surface area (Å²) in [5, 5.41) is 12.2. The van der Waals surface area contributed by atoms with Gasteiger partial charge >= 0.3 is 12.0 Å². The lowest BCUT2D eigenvalue weighted by Gasteiger charge is -2.39. The summed E-state index contributed by atoms with van der Waals surface area (Å²) in [5.74, 6) is -0.806. The summed E-state index contributed by atoms with van der Waals surface area (Å²) in [6, 6.07) is -0.0573. The lowest BCUT2D eigenvalue weighted by atomic mass is 9.74. The monoisotopic (exact) mass is 282 g/mol. The quantitative estimate of drug-likeness (QED) is 0.761. The van der Waals surface area contributed by atoms with Gasteiger partial charge in [0.15, 0.2) is 0 Å². The number of aliphatic carboxylic acids is 1. The number of carboxylic acids is 1. The summed E-state index contributed by atoms with van der Waals surface area (Å²) in [7, 11) is 0. The molecule has 1 saturated heterocycles. The van der Waals surface area contributed by atoms with Crippen molar-refractivity contribution in [3.63, 3.8) is 0 Å². The van der Waals surface area contributed by atoms with Gasteiger partial charge in [-0.25, -0.2) is 4.79 Å². The Morgan fingerprint density at radius 1 is 1.55 bits per heavy atom. The number of piperidine rings is 1. The summed E-state index contributed by atoms with van der Waals surface area (Å²) in [4.78, 5) is 25.2. The number of nitrogens with one attached hydrogen (secondary N) is 1. The van der Waals surface area contributed by atoms with E-state index < -0.39 is 11.4 Å². The van der Waals surface area contributed by atoms with Crippen LogP contribution in [0.25, 0.3) is 0 Å². The van der Waals surface area contributed by atoms with Crippen molar-refractivity contribution in [2.24, 2.45) is 11.3 Å². The molecule has 1 rings (SSSR count). The van der Waals surface area contributed by atoms with Gasteiger partial charge in [0.25, 0.3) is 0 Å². The van der Waals surface area contributed by atoms with Crippen LogP contribution in [0.3, 0.4) is 0 Å². The Balaban J connectivity index is 2.62. The molecule has 0 aromatic rings. The van der Waals surface area contributed by atoms with E-state index in [1.165, 1.54) is 0 Å². The van der Waals surface area contributed by atoms with E-state index in [2.05, 4.69) is 11.9 Å². The number of amides is 2. The maximum Gasteiger partial charge on any atom is 0.317 e. The highest BCUT2D eigenvalue weighted by Gasteiger charge is 2.40. The first kappa shape index (κ1) is 16.5. The van der Waals surface area contributed by atoms with Crippen LogP contribution >= 0.6 is 0 Å². The van der Waals surface area contributed by atoms with Gasteiger partial charge in [0.1, 0.15) is 0 Å². The second-order valence-electron chi connectivity index (χ2n) is 6.19. The normalized spacial score (nSPS) is 21.1. The number of likely N-dealkylation sites (tertiary alicyclic amines) is 1. The molecule has 5 heteroatoms. The summed E-state index contributed by atoms with van der Waals surface area (Å²) < 4.78 is 0. The summed E-state index contributed by atoms with van der Waals surface area (Å²) in [6.07, 6.45) is 4.21. The molecule has 5 nitrogen and oxygen atoms in total. The van der Waals surface area contributed by atoms with Crippen molar-refractivity contribution in [2.45, 2.75) is 46.1 Å². The molecule has 0 aliphatic carbocycles. The minimum Gasteiger partial charge on any atom is -0.481 e. The number of carbonyl (C=O) groups is 2. The van der Waals surface area contributed by atoms with Crippen LogP contribution in [0.4, 0.5) is 4.79 Å². The zero-order valence-corrected chi connectivity index (χ0v) is 12.7. The van der Waals surface area contributed by atoms with E-state index in [9.17, 15) is 14.7 Å². The van der Waals surface area contributed by atoms with Crippen LogP contribution in [0.15, 0.2) is 12.7 Å². The first-order valence-electron chi connectivity index (χ1n) is 7.18. The molecule has 1 aliphatic rings. The zero-order valence-electron chi connectivity index (χ0n) is 12.7. The van der Waals surface area contributed by atoms with Crippen molar-refractivity contribution in [3.05, 3.63) is 12.7 Å². The van der Waals surface area contributed by atoms with E-state index in [0.29, 0.717) is 13.1 Å². The molecule has 0 radical (unpaired) electrons. The Morgan fingerprint density at radius 2 is 2.20 bits per heavy atom. The second kappa shape index (κ2) is 6.77. The SMILES string of the molecule is C=CCC(C)NC(=O)N1CCCC(C(C)(C)C(=O)O)C1. The van der Waals surface area contributed by atoms with Gasteiger partial charge in [-0.2, -0.15) is 0 Å². The average Bonchev–Trinajstić information content (AvgIpc) is 2.38. The van der Waals surface area contributed by atoms with Gasteiger partial charge < -0.3 is 15.3 Å². The molecular weight excluding hydrogens is 256 g/mol. The number of hydrogen-bond donors (Lipinski definition) is 2. The van der Waals surface area contributed by atoms with Crippen LogP contribution in [-0.4, -0.2) is 41.1 Å². The van der Waals surface area contributed by atoms with E-state index in [0.717, 1.165) is 19.3 Å². The average molecular weight is 282 g/mol. The number of rotatable bonds is 5. The molecule has 20 heavy (non-hydrogen) atoms. The topological polar surface area (TPSA) is 69.6 Å². The Kier molecular flexibility index (Phi) is 5.60. The van der Waals surface area contributed by atoms with Crippen molar-refractivity contribution >= 4 is 12.0 Å². The highest BCUT2D eigenvalue weighted by atomic mass is 16.4. The predicted molar refractivity (Wildman–Crippen MR) is 78.5 cm³/mol. The Morgan fingerprint density at radius 3 is 2.75 bits per heavy atom. The molecule has 2 atom stereocenters. The molecule has 0 aromatic heterocycles. The largest absolute Gasteiger partial charge is 0.481 e.